The van der Waals surface area contributed by atoms with Gasteiger partial charge in [0.2, 0.25) is 5.88 Å². The standard InChI is InChI=1S/C21H22N6O3S/c1-22-20(28)13-7-16(31-12-13)8-18-24-17-3-5-27(14-9-23-26(2)10-14)19(17)21(25-18)30-15-4-6-29-11-15/h3,5,7,9-10,12,15H,4,6,8,11H2,1-2H3,(H,22,28)/t15-/m0/s1. The average Bonchev–Trinajstić information content (AvgIpc) is 3.54. The number of rotatable bonds is 6. The normalized spacial score (nSPS) is 16.1. The van der Waals surface area contributed by atoms with Gasteiger partial charge in [0.1, 0.15) is 17.4 Å². The van der Waals surface area contributed by atoms with Gasteiger partial charge in [-0.25, -0.2) is 4.98 Å². The van der Waals surface area contributed by atoms with Crippen molar-refractivity contribution in [2.45, 2.75) is 18.9 Å². The molecular weight excluding hydrogens is 416 g/mol. The molecule has 1 aliphatic heterocycles. The number of hydrogen-bond acceptors (Lipinski definition) is 7. The van der Waals surface area contributed by atoms with E-state index < -0.39 is 0 Å². The molecular formula is C21H22N6O3S. The fourth-order valence-electron chi connectivity index (χ4n) is 3.62. The highest BCUT2D eigenvalue weighted by molar-refractivity contribution is 7.10. The summed E-state index contributed by atoms with van der Waals surface area (Å²) in [7, 11) is 3.51. The minimum absolute atomic E-state index is 0.0372. The summed E-state index contributed by atoms with van der Waals surface area (Å²) in [5, 5.41) is 8.77. The van der Waals surface area contributed by atoms with Crippen molar-refractivity contribution in [3.63, 3.8) is 0 Å². The highest BCUT2D eigenvalue weighted by Crippen LogP contribution is 2.29. The maximum absolute atomic E-state index is 11.9. The second-order valence-corrected chi connectivity index (χ2v) is 8.39. The summed E-state index contributed by atoms with van der Waals surface area (Å²) in [6, 6.07) is 3.83. The minimum atomic E-state index is -0.0994. The summed E-state index contributed by atoms with van der Waals surface area (Å²) in [6.07, 6.45) is 6.99. The van der Waals surface area contributed by atoms with E-state index in [1.807, 2.05) is 41.5 Å². The zero-order valence-corrected chi connectivity index (χ0v) is 18.1. The Morgan fingerprint density at radius 2 is 2.32 bits per heavy atom. The van der Waals surface area contributed by atoms with Crippen molar-refractivity contribution < 1.29 is 14.3 Å². The lowest BCUT2D eigenvalue weighted by Gasteiger charge is -2.14. The van der Waals surface area contributed by atoms with Crippen molar-refractivity contribution in [1.82, 2.24) is 29.6 Å². The summed E-state index contributed by atoms with van der Waals surface area (Å²) in [6.45, 7) is 1.24. The Labute approximate surface area is 182 Å². The van der Waals surface area contributed by atoms with Gasteiger partial charge in [-0.05, 0) is 12.1 Å². The topological polar surface area (TPSA) is 96.1 Å². The number of fused-ring (bicyclic) bond motifs is 1. The molecule has 1 aliphatic rings. The first-order valence-electron chi connectivity index (χ1n) is 10.0. The van der Waals surface area contributed by atoms with E-state index in [2.05, 4.69) is 10.4 Å². The van der Waals surface area contributed by atoms with E-state index in [1.54, 1.807) is 17.9 Å². The van der Waals surface area contributed by atoms with Crippen LogP contribution in [0.15, 0.2) is 36.1 Å². The molecule has 9 nitrogen and oxygen atoms in total. The van der Waals surface area contributed by atoms with Crippen molar-refractivity contribution >= 4 is 28.3 Å². The van der Waals surface area contributed by atoms with Gasteiger partial charge in [0.05, 0.1) is 36.2 Å². The van der Waals surface area contributed by atoms with E-state index in [9.17, 15) is 4.79 Å². The Kier molecular flexibility index (Phi) is 5.16. The van der Waals surface area contributed by atoms with Crippen molar-refractivity contribution in [1.29, 1.82) is 0 Å². The second-order valence-electron chi connectivity index (χ2n) is 7.40. The molecule has 5 heterocycles. The van der Waals surface area contributed by atoms with Gasteiger partial charge in [0, 0.05) is 49.6 Å². The van der Waals surface area contributed by atoms with Crippen LogP contribution in [0.5, 0.6) is 5.88 Å². The van der Waals surface area contributed by atoms with Crippen LogP contribution >= 0.6 is 11.3 Å². The molecule has 0 bridgehead atoms. The Morgan fingerprint density at radius 1 is 1.42 bits per heavy atom. The molecule has 10 heteroatoms. The fourth-order valence-corrected chi connectivity index (χ4v) is 4.49. The van der Waals surface area contributed by atoms with Gasteiger partial charge in [0.15, 0.2) is 0 Å². The number of nitrogens with zero attached hydrogens (tertiary/aromatic N) is 5. The van der Waals surface area contributed by atoms with Crippen molar-refractivity contribution in [2.24, 2.45) is 7.05 Å². The molecule has 0 spiro atoms. The van der Waals surface area contributed by atoms with Crippen LogP contribution in [0.1, 0.15) is 27.5 Å². The van der Waals surface area contributed by atoms with Crippen LogP contribution in [0.2, 0.25) is 0 Å². The quantitative estimate of drug-likeness (QED) is 0.496. The summed E-state index contributed by atoms with van der Waals surface area (Å²) in [5.74, 6) is 1.08. The van der Waals surface area contributed by atoms with Gasteiger partial charge in [-0.2, -0.15) is 10.1 Å². The lowest BCUT2D eigenvalue weighted by atomic mass is 10.2. The monoisotopic (exact) mass is 438 g/mol. The van der Waals surface area contributed by atoms with Gasteiger partial charge in [-0.3, -0.25) is 9.48 Å². The van der Waals surface area contributed by atoms with E-state index in [0.717, 1.165) is 28.0 Å². The third-order valence-corrected chi connectivity index (χ3v) is 6.10. The molecule has 4 aromatic heterocycles. The molecule has 1 N–H and O–H groups in total. The molecule has 31 heavy (non-hydrogen) atoms. The summed E-state index contributed by atoms with van der Waals surface area (Å²) >= 11 is 1.52. The number of aryl methyl sites for hydroxylation is 1. The van der Waals surface area contributed by atoms with E-state index in [1.165, 1.54) is 11.3 Å². The maximum atomic E-state index is 11.9. The van der Waals surface area contributed by atoms with Crippen LogP contribution in [0.4, 0.5) is 0 Å². The highest BCUT2D eigenvalue weighted by atomic mass is 32.1. The molecule has 5 rings (SSSR count). The molecule has 1 amide bonds. The first kappa shape index (κ1) is 19.7. The van der Waals surface area contributed by atoms with Crippen molar-refractivity contribution in [3.05, 3.63) is 52.4 Å². The molecule has 0 radical (unpaired) electrons. The van der Waals surface area contributed by atoms with Crippen LogP contribution < -0.4 is 10.1 Å². The molecule has 1 saturated heterocycles. The fraction of sp³-hybridized carbons (Fsp3) is 0.333. The number of carbonyl (C=O) groups is 1. The van der Waals surface area contributed by atoms with E-state index in [0.29, 0.717) is 36.9 Å². The van der Waals surface area contributed by atoms with Gasteiger partial charge >= 0.3 is 0 Å². The van der Waals surface area contributed by atoms with E-state index >= 15 is 0 Å². The zero-order chi connectivity index (χ0) is 21.4. The zero-order valence-electron chi connectivity index (χ0n) is 17.2. The number of aromatic nitrogens is 5. The summed E-state index contributed by atoms with van der Waals surface area (Å²) in [5.41, 5.74) is 3.16. The molecule has 0 aromatic carbocycles. The van der Waals surface area contributed by atoms with Crippen LogP contribution in [-0.2, 0) is 18.2 Å². The Balaban J connectivity index is 1.54. The van der Waals surface area contributed by atoms with E-state index in [-0.39, 0.29) is 12.0 Å². The summed E-state index contributed by atoms with van der Waals surface area (Å²) in [4.78, 5) is 22.4. The smallest absolute Gasteiger partial charge is 0.251 e. The molecule has 4 aromatic rings. The molecule has 160 valence electrons. The predicted octanol–water partition coefficient (Wildman–Crippen LogP) is 2.33. The van der Waals surface area contributed by atoms with Crippen LogP contribution in [0.25, 0.3) is 16.7 Å². The predicted molar refractivity (Wildman–Crippen MR) is 116 cm³/mol. The van der Waals surface area contributed by atoms with Crippen molar-refractivity contribution in [3.8, 4) is 11.6 Å². The molecule has 0 saturated carbocycles. The number of ether oxygens (including phenoxy) is 2. The molecule has 0 unspecified atom stereocenters. The maximum Gasteiger partial charge on any atom is 0.251 e. The van der Waals surface area contributed by atoms with E-state index in [4.69, 9.17) is 19.4 Å². The van der Waals surface area contributed by atoms with Crippen LogP contribution in [0.3, 0.4) is 0 Å². The van der Waals surface area contributed by atoms with Gasteiger partial charge < -0.3 is 19.4 Å². The number of thiophene rings is 1. The number of carbonyl (C=O) groups excluding carboxylic acids is 1. The van der Waals surface area contributed by atoms with Crippen LogP contribution in [0, 0.1) is 0 Å². The first-order chi connectivity index (χ1) is 15.1. The Hall–Kier alpha value is -3.24. The lowest BCUT2D eigenvalue weighted by molar-refractivity contribution is 0.0963. The summed E-state index contributed by atoms with van der Waals surface area (Å²) < 4.78 is 15.5. The van der Waals surface area contributed by atoms with Crippen molar-refractivity contribution in [2.75, 3.05) is 20.3 Å². The number of hydrogen-bond donors (Lipinski definition) is 1. The Bertz CT molecular complexity index is 1240. The third kappa shape index (κ3) is 3.91. The van der Waals surface area contributed by atoms with Gasteiger partial charge in [-0.15, -0.1) is 11.3 Å². The largest absolute Gasteiger partial charge is 0.470 e. The lowest BCUT2D eigenvalue weighted by Crippen LogP contribution is -2.18. The third-order valence-electron chi connectivity index (χ3n) is 5.16. The number of amides is 1. The van der Waals surface area contributed by atoms with Gasteiger partial charge in [-0.1, -0.05) is 0 Å². The molecule has 1 atom stereocenters. The molecule has 0 aliphatic carbocycles. The Morgan fingerprint density at radius 3 is 3.06 bits per heavy atom. The average molecular weight is 439 g/mol. The number of nitrogens with one attached hydrogen (secondary N) is 1. The SMILES string of the molecule is CNC(=O)c1csc(Cc2nc(O[C@H]3CCOC3)c3c(ccn3-c3cnn(C)c3)n2)c1. The minimum Gasteiger partial charge on any atom is -0.470 e. The highest BCUT2D eigenvalue weighted by Gasteiger charge is 2.22. The molecule has 1 fully saturated rings. The second kappa shape index (κ2) is 8.12. The van der Waals surface area contributed by atoms with Crippen LogP contribution in [-0.4, -0.2) is 56.6 Å². The first-order valence-corrected chi connectivity index (χ1v) is 10.9. The van der Waals surface area contributed by atoms with Gasteiger partial charge in [0.25, 0.3) is 5.91 Å².